The number of hydrogen-bond acceptors (Lipinski definition) is 6. The number of aliphatic hydroxyl groups is 4. The van der Waals surface area contributed by atoms with E-state index in [2.05, 4.69) is 4.76 Å². The van der Waals surface area contributed by atoms with Gasteiger partial charge in [0, 0.05) is 0 Å². The van der Waals surface area contributed by atoms with Crippen LogP contribution in [0, 0.1) is 0 Å². The topological polar surface area (TPSA) is 103 Å². The number of rotatable bonds is 2. The second-order valence-corrected chi connectivity index (χ2v) is 8.73. The van der Waals surface area contributed by atoms with Gasteiger partial charge in [0.15, 0.2) is 12.2 Å². The molecule has 0 bridgehead atoms. The van der Waals surface area contributed by atoms with Crippen molar-refractivity contribution in [3.8, 4) is 0 Å². The summed E-state index contributed by atoms with van der Waals surface area (Å²) in [4.78, 5) is 0. The molecular formula is C9H19NO5P+. The molecule has 94 valence electrons. The molecule has 0 radical (unpaired) electrons. The molecule has 16 heavy (non-hydrogen) atoms. The van der Waals surface area contributed by atoms with Crippen molar-refractivity contribution in [3.63, 3.8) is 0 Å². The first-order valence-electron chi connectivity index (χ1n) is 4.99. The van der Waals surface area contributed by atoms with Crippen molar-refractivity contribution >= 4 is 13.3 Å². The van der Waals surface area contributed by atoms with Crippen LogP contribution in [0.1, 0.15) is 0 Å². The van der Waals surface area contributed by atoms with Crippen LogP contribution in [-0.2, 0) is 4.74 Å². The fourth-order valence-electron chi connectivity index (χ4n) is 1.37. The molecule has 1 heterocycles. The van der Waals surface area contributed by atoms with Crippen molar-refractivity contribution in [3.05, 3.63) is 0 Å². The van der Waals surface area contributed by atoms with Gasteiger partial charge in [0.1, 0.15) is 19.6 Å². The van der Waals surface area contributed by atoms with Crippen molar-refractivity contribution < 1.29 is 25.2 Å². The van der Waals surface area contributed by atoms with Crippen LogP contribution in [0.5, 0.6) is 0 Å². The highest BCUT2D eigenvalue weighted by molar-refractivity contribution is 7.72. The summed E-state index contributed by atoms with van der Waals surface area (Å²) in [5.74, 6) is -0.00215. The fraction of sp³-hybridized carbons (Fsp3) is 0.889. The van der Waals surface area contributed by atoms with Crippen LogP contribution >= 0.6 is 7.41 Å². The molecule has 1 saturated heterocycles. The van der Waals surface area contributed by atoms with E-state index in [1.54, 1.807) is 0 Å². The van der Waals surface area contributed by atoms with E-state index in [9.17, 15) is 15.3 Å². The molecular weight excluding hydrogens is 233 g/mol. The third kappa shape index (κ3) is 3.12. The molecule has 1 aliphatic heterocycles. The lowest BCUT2D eigenvalue weighted by molar-refractivity contribution is -0.128. The molecule has 0 spiro atoms. The summed E-state index contributed by atoms with van der Waals surface area (Å²) in [5.41, 5.74) is 0. The first-order valence-corrected chi connectivity index (χ1v) is 8.08. The van der Waals surface area contributed by atoms with Crippen molar-refractivity contribution in [2.75, 3.05) is 26.6 Å². The molecule has 7 heteroatoms. The van der Waals surface area contributed by atoms with Crippen LogP contribution in [0.4, 0.5) is 0 Å². The zero-order chi connectivity index (χ0) is 12.5. The Hall–Kier alpha value is -0.260. The Morgan fingerprint density at radius 1 is 1.19 bits per heavy atom. The smallest absolute Gasteiger partial charge is 0.256 e. The van der Waals surface area contributed by atoms with Gasteiger partial charge in [0.2, 0.25) is 0 Å². The van der Waals surface area contributed by atoms with Crippen LogP contribution < -0.4 is 0 Å². The lowest BCUT2D eigenvalue weighted by Crippen LogP contribution is -2.56. The average molecular weight is 252 g/mol. The second kappa shape index (κ2) is 4.94. The molecule has 4 N–H and O–H groups in total. The van der Waals surface area contributed by atoms with Gasteiger partial charge in [-0.2, -0.15) is 0 Å². The average Bonchev–Trinajstić information content (AvgIpc) is 2.17. The minimum atomic E-state index is -1.58. The van der Waals surface area contributed by atoms with Gasteiger partial charge in [0.05, 0.1) is 26.6 Å². The highest BCUT2D eigenvalue weighted by Crippen LogP contribution is 2.49. The first kappa shape index (κ1) is 13.8. The van der Waals surface area contributed by atoms with Gasteiger partial charge in [-0.1, -0.05) is 4.76 Å². The van der Waals surface area contributed by atoms with Gasteiger partial charge in [-0.25, -0.2) is 0 Å². The minimum Gasteiger partial charge on any atom is -0.468 e. The van der Waals surface area contributed by atoms with E-state index in [0.29, 0.717) is 0 Å². The van der Waals surface area contributed by atoms with E-state index in [1.165, 1.54) is 0 Å². The van der Waals surface area contributed by atoms with Crippen molar-refractivity contribution in [1.29, 1.82) is 0 Å². The van der Waals surface area contributed by atoms with Crippen molar-refractivity contribution in [2.24, 2.45) is 4.76 Å². The molecule has 1 rings (SSSR count). The molecule has 1 fully saturated rings. The Kier molecular flexibility index (Phi) is 4.26. The SMILES string of the molecule is C[P+](C)(C)N=C1O[C@H](CO)[C@@H](O)[C@H](O)[C@H]1O. The summed E-state index contributed by atoms with van der Waals surface area (Å²) in [6.07, 6.45) is -4.96. The van der Waals surface area contributed by atoms with Crippen molar-refractivity contribution in [1.82, 2.24) is 0 Å². The van der Waals surface area contributed by atoms with E-state index >= 15 is 0 Å². The Morgan fingerprint density at radius 2 is 1.75 bits per heavy atom. The van der Waals surface area contributed by atoms with Crippen LogP contribution in [0.25, 0.3) is 0 Å². The molecule has 0 saturated carbocycles. The zero-order valence-electron chi connectivity index (χ0n) is 9.61. The molecule has 0 aliphatic carbocycles. The van der Waals surface area contributed by atoms with E-state index in [-0.39, 0.29) is 5.90 Å². The van der Waals surface area contributed by atoms with E-state index in [4.69, 9.17) is 9.84 Å². The molecule has 0 aromatic rings. The van der Waals surface area contributed by atoms with Gasteiger partial charge in [-0.15, -0.1) is 0 Å². The lowest BCUT2D eigenvalue weighted by Gasteiger charge is -2.35. The Balaban J connectivity index is 2.91. The first-order chi connectivity index (χ1) is 7.26. The molecule has 4 atom stereocenters. The van der Waals surface area contributed by atoms with Crippen LogP contribution in [0.2, 0.25) is 0 Å². The van der Waals surface area contributed by atoms with Gasteiger partial charge >= 0.3 is 0 Å². The Labute approximate surface area is 95.0 Å². The standard InChI is InChI=1S/C9H19NO5P/c1-16(2,3)10-9-8(14)7(13)6(12)5(4-11)15-9/h5-8,11-14H,4H2,1-3H3/q+1/t5-,6-,7+,8-/m1/s1. The normalized spacial score (nSPS) is 38.6. The summed E-state index contributed by atoms with van der Waals surface area (Å²) < 4.78 is 9.38. The number of hydrogen-bond donors (Lipinski definition) is 4. The molecule has 6 nitrogen and oxygen atoms in total. The third-order valence-electron chi connectivity index (χ3n) is 2.16. The second-order valence-electron chi connectivity index (χ2n) is 4.64. The van der Waals surface area contributed by atoms with E-state index in [1.807, 2.05) is 20.0 Å². The fourth-order valence-corrected chi connectivity index (χ4v) is 2.13. The summed E-state index contributed by atoms with van der Waals surface area (Å²) in [5, 5.41) is 37.7. The third-order valence-corrected chi connectivity index (χ3v) is 2.96. The quantitative estimate of drug-likeness (QED) is 0.457. The van der Waals surface area contributed by atoms with Gasteiger partial charge in [0.25, 0.3) is 5.90 Å². The maximum Gasteiger partial charge on any atom is 0.256 e. The maximum atomic E-state index is 9.65. The largest absolute Gasteiger partial charge is 0.468 e. The molecule has 1 aliphatic rings. The predicted octanol–water partition coefficient (Wildman–Crippen LogP) is -1.32. The maximum absolute atomic E-state index is 9.65. The van der Waals surface area contributed by atoms with E-state index in [0.717, 1.165) is 0 Å². The Morgan fingerprint density at radius 3 is 2.19 bits per heavy atom. The molecule has 0 amide bonds. The minimum absolute atomic E-state index is 0.00215. The highest BCUT2D eigenvalue weighted by atomic mass is 31.2. The molecule has 0 aromatic carbocycles. The van der Waals surface area contributed by atoms with E-state index < -0.39 is 38.4 Å². The van der Waals surface area contributed by atoms with Gasteiger partial charge in [-0.05, 0) is 0 Å². The lowest BCUT2D eigenvalue weighted by atomic mass is 10.00. The van der Waals surface area contributed by atoms with Crippen LogP contribution in [0.15, 0.2) is 4.76 Å². The molecule has 0 unspecified atom stereocenters. The van der Waals surface area contributed by atoms with Gasteiger partial charge in [-0.3, -0.25) is 0 Å². The number of ether oxygens (including phenoxy) is 1. The summed E-state index contributed by atoms with van der Waals surface area (Å²) >= 11 is 0. The summed E-state index contributed by atoms with van der Waals surface area (Å²) in [6.45, 7) is 5.32. The van der Waals surface area contributed by atoms with Crippen LogP contribution in [0.3, 0.4) is 0 Å². The highest BCUT2D eigenvalue weighted by Gasteiger charge is 2.43. The molecule has 0 aromatic heterocycles. The Bertz CT molecular complexity index is 276. The van der Waals surface area contributed by atoms with Gasteiger partial charge < -0.3 is 25.2 Å². The van der Waals surface area contributed by atoms with Crippen LogP contribution in [-0.4, -0.2) is 77.3 Å². The zero-order valence-corrected chi connectivity index (χ0v) is 10.5. The number of aliphatic hydroxyl groups excluding tert-OH is 4. The monoisotopic (exact) mass is 252 g/mol. The summed E-state index contributed by atoms with van der Waals surface area (Å²) in [6, 6.07) is 0. The summed E-state index contributed by atoms with van der Waals surface area (Å²) in [7, 11) is -1.58. The predicted molar refractivity (Wildman–Crippen MR) is 62.1 cm³/mol. The van der Waals surface area contributed by atoms with Crippen molar-refractivity contribution in [2.45, 2.75) is 24.4 Å². The number of nitrogens with zero attached hydrogens (tertiary/aromatic N) is 1.